The summed E-state index contributed by atoms with van der Waals surface area (Å²) in [7, 11) is 0. The lowest BCUT2D eigenvalue weighted by Crippen LogP contribution is -2.30. The quantitative estimate of drug-likeness (QED) is 0.0565. The van der Waals surface area contributed by atoms with Crippen LogP contribution in [-0.4, -0.2) is 11.7 Å². The van der Waals surface area contributed by atoms with E-state index in [4.69, 9.17) is 5.73 Å². The van der Waals surface area contributed by atoms with Crippen LogP contribution in [0.2, 0.25) is 0 Å². The molecule has 0 saturated heterocycles. The molecule has 43 heavy (non-hydrogen) atoms. The number of amides is 1. The minimum absolute atomic E-state index is 0.0918. The van der Waals surface area contributed by atoms with E-state index in [1.54, 1.807) is 0 Å². The molecule has 0 bridgehead atoms. The lowest BCUT2D eigenvalue weighted by atomic mass is 9.92. The Labute approximate surface area is 271 Å². The number of carbonyl (C=O) groups excluding carboxylic acids is 2. The van der Waals surface area contributed by atoms with Gasteiger partial charge in [0.25, 0.3) is 0 Å². The summed E-state index contributed by atoms with van der Waals surface area (Å²) in [6.45, 7) is 4.57. The Morgan fingerprint density at radius 2 is 0.605 bits per heavy atom. The molecule has 0 aliphatic rings. The molecule has 0 aliphatic heterocycles. The van der Waals surface area contributed by atoms with E-state index in [1.165, 1.54) is 186 Å². The van der Waals surface area contributed by atoms with Gasteiger partial charge in [0.05, 0.1) is 5.92 Å². The second-order valence-corrected chi connectivity index (χ2v) is 13.9. The molecule has 0 aromatic heterocycles. The molecule has 2 N–H and O–H groups in total. The van der Waals surface area contributed by atoms with Crippen LogP contribution in [0, 0.1) is 5.92 Å². The summed E-state index contributed by atoms with van der Waals surface area (Å²) < 4.78 is 0. The van der Waals surface area contributed by atoms with Crippen LogP contribution in [0.1, 0.15) is 239 Å². The van der Waals surface area contributed by atoms with Gasteiger partial charge in [-0.1, -0.05) is 219 Å². The second kappa shape index (κ2) is 35.6. The molecular formula is C40H79NO2. The number of ketones is 1. The van der Waals surface area contributed by atoms with Crippen molar-refractivity contribution >= 4 is 11.7 Å². The predicted octanol–water partition coefficient (Wildman–Crippen LogP) is 13.4. The van der Waals surface area contributed by atoms with Gasteiger partial charge < -0.3 is 5.73 Å². The molecule has 3 nitrogen and oxygen atoms in total. The molecule has 1 unspecified atom stereocenters. The maximum Gasteiger partial charge on any atom is 0.227 e. The summed E-state index contributed by atoms with van der Waals surface area (Å²) in [4.78, 5) is 24.5. The number of hydrogen-bond acceptors (Lipinski definition) is 2. The number of hydrogen-bond donors (Lipinski definition) is 1. The Morgan fingerprint density at radius 1 is 0.372 bits per heavy atom. The lowest BCUT2D eigenvalue weighted by Gasteiger charge is -2.12. The first kappa shape index (κ1) is 42.1. The van der Waals surface area contributed by atoms with Gasteiger partial charge >= 0.3 is 0 Å². The smallest absolute Gasteiger partial charge is 0.227 e. The minimum atomic E-state index is -0.548. The van der Waals surface area contributed by atoms with Crippen molar-refractivity contribution in [2.24, 2.45) is 11.7 Å². The zero-order valence-corrected chi connectivity index (χ0v) is 29.7. The van der Waals surface area contributed by atoms with E-state index in [1.807, 2.05) is 0 Å². The normalized spacial score (nSPS) is 12.1. The van der Waals surface area contributed by atoms with Crippen molar-refractivity contribution in [2.75, 3.05) is 0 Å². The Balaban J connectivity index is 3.49. The van der Waals surface area contributed by atoms with E-state index in [2.05, 4.69) is 13.8 Å². The van der Waals surface area contributed by atoms with Crippen LogP contribution in [0.3, 0.4) is 0 Å². The third kappa shape index (κ3) is 32.3. The molecule has 1 amide bonds. The number of unbranched alkanes of at least 4 members (excludes halogenated alkanes) is 31. The van der Waals surface area contributed by atoms with Gasteiger partial charge in [0.1, 0.15) is 5.78 Å². The number of nitrogens with two attached hydrogens (primary N) is 1. The molecule has 0 aromatic carbocycles. The SMILES string of the molecule is CCCCCCCCCCCCCCCCCCCCC(C(N)=O)C(=O)CCCCCCCCCCCCCCCCC. The molecule has 0 spiro atoms. The van der Waals surface area contributed by atoms with Gasteiger partial charge in [-0.2, -0.15) is 0 Å². The van der Waals surface area contributed by atoms with Crippen molar-refractivity contribution in [2.45, 2.75) is 239 Å². The number of primary amides is 1. The first-order chi connectivity index (χ1) is 21.1. The first-order valence-electron chi connectivity index (χ1n) is 20.0. The molecule has 0 heterocycles. The molecule has 0 aromatic rings. The zero-order valence-electron chi connectivity index (χ0n) is 29.7. The third-order valence-corrected chi connectivity index (χ3v) is 9.61. The summed E-state index contributed by atoms with van der Waals surface area (Å²) in [5.74, 6) is -0.861. The van der Waals surface area contributed by atoms with Gasteiger partial charge in [0.2, 0.25) is 5.91 Å². The standard InChI is InChI=1S/C40H79NO2/c1-3-5-7-9-11-13-15-17-19-20-21-23-24-26-28-30-32-34-36-38(40(41)43)39(42)37-35-33-31-29-27-25-22-18-16-14-12-10-8-6-4-2/h38H,3-37H2,1-2H3,(H2,41,43). The molecule has 3 heteroatoms. The van der Waals surface area contributed by atoms with Crippen LogP contribution in [0.15, 0.2) is 0 Å². The van der Waals surface area contributed by atoms with Crippen molar-refractivity contribution < 1.29 is 9.59 Å². The Bertz CT molecular complexity index is 575. The largest absolute Gasteiger partial charge is 0.369 e. The van der Waals surface area contributed by atoms with Gasteiger partial charge in [-0.3, -0.25) is 9.59 Å². The van der Waals surface area contributed by atoms with Crippen LogP contribution < -0.4 is 5.73 Å². The van der Waals surface area contributed by atoms with E-state index >= 15 is 0 Å². The fourth-order valence-corrected chi connectivity index (χ4v) is 6.56. The van der Waals surface area contributed by atoms with Gasteiger partial charge in [-0.25, -0.2) is 0 Å². The maximum atomic E-state index is 12.6. The summed E-state index contributed by atoms with van der Waals surface area (Å²) in [5, 5.41) is 0. The van der Waals surface area contributed by atoms with Crippen molar-refractivity contribution in [3.05, 3.63) is 0 Å². The predicted molar refractivity (Wildman–Crippen MR) is 191 cm³/mol. The van der Waals surface area contributed by atoms with Crippen molar-refractivity contribution in [3.63, 3.8) is 0 Å². The van der Waals surface area contributed by atoms with Gasteiger partial charge in [-0.05, 0) is 12.8 Å². The third-order valence-electron chi connectivity index (χ3n) is 9.61. The Hall–Kier alpha value is -0.860. The maximum absolute atomic E-state index is 12.6. The average molecular weight is 606 g/mol. The highest BCUT2D eigenvalue weighted by molar-refractivity contribution is 6.00. The Kier molecular flexibility index (Phi) is 34.9. The molecule has 256 valence electrons. The fraction of sp³-hybridized carbons (Fsp3) is 0.950. The average Bonchev–Trinajstić information content (AvgIpc) is 3.00. The minimum Gasteiger partial charge on any atom is -0.369 e. The van der Waals surface area contributed by atoms with Gasteiger partial charge in [0.15, 0.2) is 0 Å². The van der Waals surface area contributed by atoms with Crippen molar-refractivity contribution in [3.8, 4) is 0 Å². The topological polar surface area (TPSA) is 60.2 Å². The van der Waals surface area contributed by atoms with Crippen LogP contribution in [0.4, 0.5) is 0 Å². The van der Waals surface area contributed by atoms with Gasteiger partial charge in [0, 0.05) is 6.42 Å². The summed E-state index contributed by atoms with van der Waals surface area (Å²) in [6, 6.07) is 0. The summed E-state index contributed by atoms with van der Waals surface area (Å²) in [5.41, 5.74) is 5.61. The highest BCUT2D eigenvalue weighted by atomic mass is 16.2. The second-order valence-electron chi connectivity index (χ2n) is 13.9. The van der Waals surface area contributed by atoms with Crippen molar-refractivity contribution in [1.29, 1.82) is 0 Å². The highest BCUT2D eigenvalue weighted by Gasteiger charge is 2.22. The lowest BCUT2D eigenvalue weighted by molar-refractivity contribution is -0.132. The van der Waals surface area contributed by atoms with E-state index in [9.17, 15) is 9.59 Å². The van der Waals surface area contributed by atoms with E-state index < -0.39 is 11.8 Å². The Morgan fingerprint density at radius 3 is 0.860 bits per heavy atom. The van der Waals surface area contributed by atoms with Gasteiger partial charge in [-0.15, -0.1) is 0 Å². The summed E-state index contributed by atoms with van der Waals surface area (Å²) in [6.07, 6.45) is 45.3. The van der Waals surface area contributed by atoms with E-state index in [0.717, 1.165) is 25.7 Å². The fourth-order valence-electron chi connectivity index (χ4n) is 6.56. The number of carbonyl (C=O) groups is 2. The van der Waals surface area contributed by atoms with Crippen LogP contribution in [-0.2, 0) is 9.59 Å². The van der Waals surface area contributed by atoms with Crippen molar-refractivity contribution in [1.82, 2.24) is 0 Å². The molecule has 1 atom stereocenters. The van der Waals surface area contributed by atoms with Crippen LogP contribution >= 0.6 is 0 Å². The number of rotatable bonds is 37. The van der Waals surface area contributed by atoms with Crippen LogP contribution in [0.5, 0.6) is 0 Å². The molecule has 0 radical (unpaired) electrons. The first-order valence-corrected chi connectivity index (χ1v) is 20.0. The zero-order chi connectivity index (χ0) is 31.5. The highest BCUT2D eigenvalue weighted by Crippen LogP contribution is 2.19. The van der Waals surface area contributed by atoms with E-state index in [-0.39, 0.29) is 5.78 Å². The molecule has 0 saturated carbocycles. The molecular weight excluding hydrogens is 526 g/mol. The summed E-state index contributed by atoms with van der Waals surface area (Å²) >= 11 is 0. The molecule has 0 aliphatic carbocycles. The molecule has 0 fully saturated rings. The molecule has 0 rings (SSSR count). The monoisotopic (exact) mass is 606 g/mol. The number of Topliss-reactive ketones (excluding diaryl/α,β-unsaturated/α-hetero) is 1. The van der Waals surface area contributed by atoms with E-state index in [0.29, 0.717) is 12.8 Å². The van der Waals surface area contributed by atoms with Crippen LogP contribution in [0.25, 0.3) is 0 Å².